The number of benzene rings is 1. The van der Waals surface area contributed by atoms with E-state index in [2.05, 4.69) is 19.2 Å². The molecule has 5 nitrogen and oxygen atoms in total. The number of rotatable bonds is 11. The molecule has 0 atom stereocenters. The Kier molecular flexibility index (Phi) is 8.43. The van der Waals surface area contributed by atoms with Crippen molar-refractivity contribution in [2.45, 2.75) is 52.5 Å². The molecule has 118 valence electrons. The fourth-order valence-electron chi connectivity index (χ4n) is 2.07. The summed E-state index contributed by atoms with van der Waals surface area (Å²) in [4.78, 5) is 10.5. The van der Waals surface area contributed by atoms with E-state index in [1.807, 2.05) is 0 Å². The van der Waals surface area contributed by atoms with Crippen LogP contribution < -0.4 is 10.1 Å². The van der Waals surface area contributed by atoms with Gasteiger partial charge in [0.2, 0.25) is 0 Å². The summed E-state index contributed by atoms with van der Waals surface area (Å²) in [6, 6.07) is 4.82. The third-order valence-corrected chi connectivity index (χ3v) is 3.25. The van der Waals surface area contributed by atoms with Crippen LogP contribution in [0.15, 0.2) is 18.2 Å². The summed E-state index contributed by atoms with van der Waals surface area (Å²) >= 11 is 0. The molecule has 0 bridgehead atoms. The summed E-state index contributed by atoms with van der Waals surface area (Å²) in [5.41, 5.74) is 0.967. The Morgan fingerprint density at radius 1 is 1.19 bits per heavy atom. The van der Waals surface area contributed by atoms with Crippen molar-refractivity contribution < 1.29 is 9.66 Å². The lowest BCUT2D eigenvalue weighted by atomic mass is 10.1. The highest BCUT2D eigenvalue weighted by atomic mass is 16.6. The summed E-state index contributed by atoms with van der Waals surface area (Å²) in [6.07, 6.45) is 5.62. The van der Waals surface area contributed by atoms with Gasteiger partial charge in [-0.1, -0.05) is 33.1 Å². The van der Waals surface area contributed by atoms with Crippen LogP contribution >= 0.6 is 0 Å². The highest BCUT2D eigenvalue weighted by Gasteiger charge is 2.11. The maximum atomic E-state index is 10.9. The van der Waals surface area contributed by atoms with Crippen LogP contribution in [0.2, 0.25) is 0 Å². The molecule has 0 radical (unpaired) electrons. The number of nitro groups is 1. The number of nitro benzene ring substituents is 1. The lowest BCUT2D eigenvalue weighted by Gasteiger charge is -2.12. The molecular weight excluding hydrogens is 268 g/mol. The van der Waals surface area contributed by atoms with Gasteiger partial charge in [-0.25, -0.2) is 0 Å². The predicted octanol–water partition coefficient (Wildman–Crippen LogP) is 4.05. The van der Waals surface area contributed by atoms with Crippen LogP contribution in [0.1, 0.15) is 51.5 Å². The molecule has 5 heteroatoms. The molecule has 0 aliphatic carbocycles. The van der Waals surface area contributed by atoms with E-state index in [-0.39, 0.29) is 10.6 Å². The Labute approximate surface area is 126 Å². The van der Waals surface area contributed by atoms with Crippen LogP contribution in [0.3, 0.4) is 0 Å². The van der Waals surface area contributed by atoms with Crippen LogP contribution in [-0.2, 0) is 6.54 Å². The maximum Gasteiger partial charge on any atom is 0.270 e. The van der Waals surface area contributed by atoms with Crippen molar-refractivity contribution in [3.63, 3.8) is 0 Å². The smallest absolute Gasteiger partial charge is 0.270 e. The Hall–Kier alpha value is -1.62. The van der Waals surface area contributed by atoms with E-state index < -0.39 is 0 Å². The molecule has 0 fully saturated rings. The number of nitrogens with zero attached hydrogens (tertiary/aromatic N) is 1. The second kappa shape index (κ2) is 10.2. The van der Waals surface area contributed by atoms with E-state index in [4.69, 9.17) is 4.74 Å². The Balaban J connectivity index is 2.64. The lowest BCUT2D eigenvalue weighted by Crippen LogP contribution is -2.15. The summed E-state index contributed by atoms with van der Waals surface area (Å²) < 4.78 is 5.79. The van der Waals surface area contributed by atoms with Gasteiger partial charge >= 0.3 is 0 Å². The molecule has 1 N–H and O–H groups in total. The van der Waals surface area contributed by atoms with Crippen LogP contribution in [0, 0.1) is 10.1 Å². The Morgan fingerprint density at radius 3 is 2.67 bits per heavy atom. The van der Waals surface area contributed by atoms with E-state index in [0.717, 1.165) is 37.1 Å². The van der Waals surface area contributed by atoms with Crippen molar-refractivity contribution in [2.24, 2.45) is 0 Å². The maximum absolute atomic E-state index is 10.9. The molecule has 0 saturated carbocycles. The van der Waals surface area contributed by atoms with Gasteiger partial charge in [0.25, 0.3) is 5.69 Å². The highest BCUT2D eigenvalue weighted by Crippen LogP contribution is 2.24. The molecule has 0 spiro atoms. The van der Waals surface area contributed by atoms with Crippen molar-refractivity contribution in [2.75, 3.05) is 13.2 Å². The second-order valence-corrected chi connectivity index (χ2v) is 5.14. The van der Waals surface area contributed by atoms with Gasteiger partial charge in [-0.3, -0.25) is 10.1 Å². The quantitative estimate of drug-likeness (QED) is 0.380. The summed E-state index contributed by atoms with van der Waals surface area (Å²) in [7, 11) is 0. The molecule has 0 aromatic heterocycles. The van der Waals surface area contributed by atoms with E-state index >= 15 is 0 Å². The third-order valence-electron chi connectivity index (χ3n) is 3.25. The van der Waals surface area contributed by atoms with Crippen LogP contribution in [0.25, 0.3) is 0 Å². The van der Waals surface area contributed by atoms with Crippen molar-refractivity contribution in [1.29, 1.82) is 0 Å². The predicted molar refractivity (Wildman–Crippen MR) is 84.7 cm³/mol. The SMILES string of the molecule is CCCCCCOc1ccc([N+](=O)[O-])cc1CNCCC. The summed E-state index contributed by atoms with van der Waals surface area (Å²) in [5.74, 6) is 0.751. The standard InChI is InChI=1S/C16H26N2O3/c1-3-5-6-7-11-21-16-9-8-15(18(19)20)12-14(16)13-17-10-4-2/h8-9,12,17H,3-7,10-11,13H2,1-2H3. The van der Waals surface area contributed by atoms with Crippen LogP contribution in [0.4, 0.5) is 5.69 Å². The fraction of sp³-hybridized carbons (Fsp3) is 0.625. The third kappa shape index (κ3) is 6.58. The first kappa shape index (κ1) is 17.4. The number of unbranched alkanes of at least 4 members (excludes halogenated alkanes) is 3. The fourth-order valence-corrected chi connectivity index (χ4v) is 2.07. The molecule has 1 aromatic rings. The minimum Gasteiger partial charge on any atom is -0.493 e. The van der Waals surface area contributed by atoms with Gasteiger partial charge in [-0.15, -0.1) is 0 Å². The molecular formula is C16H26N2O3. The summed E-state index contributed by atoms with van der Waals surface area (Å²) in [6.45, 7) is 6.41. The van der Waals surface area contributed by atoms with Crippen molar-refractivity contribution >= 4 is 5.69 Å². The second-order valence-electron chi connectivity index (χ2n) is 5.14. The first-order valence-electron chi connectivity index (χ1n) is 7.79. The normalized spacial score (nSPS) is 10.6. The minimum absolute atomic E-state index is 0.113. The van der Waals surface area contributed by atoms with Gasteiger partial charge in [0.1, 0.15) is 5.75 Å². The first-order chi connectivity index (χ1) is 10.2. The lowest BCUT2D eigenvalue weighted by molar-refractivity contribution is -0.384. The number of hydrogen-bond acceptors (Lipinski definition) is 4. The van der Waals surface area contributed by atoms with E-state index in [9.17, 15) is 10.1 Å². The number of non-ortho nitro benzene ring substituents is 1. The molecule has 21 heavy (non-hydrogen) atoms. The zero-order valence-electron chi connectivity index (χ0n) is 13.1. The number of nitrogens with one attached hydrogen (secondary N) is 1. The molecule has 0 unspecified atom stereocenters. The van der Waals surface area contributed by atoms with Crippen LogP contribution in [-0.4, -0.2) is 18.1 Å². The zero-order valence-corrected chi connectivity index (χ0v) is 13.1. The molecule has 0 aliphatic heterocycles. The molecule has 0 saturated heterocycles. The topological polar surface area (TPSA) is 64.4 Å². The van der Waals surface area contributed by atoms with Crippen LogP contribution in [0.5, 0.6) is 5.75 Å². The Morgan fingerprint density at radius 2 is 2.00 bits per heavy atom. The van der Waals surface area contributed by atoms with Crippen molar-refractivity contribution in [3.05, 3.63) is 33.9 Å². The van der Waals surface area contributed by atoms with Gasteiger partial charge in [0.05, 0.1) is 11.5 Å². The largest absolute Gasteiger partial charge is 0.493 e. The number of ether oxygens (including phenoxy) is 1. The van der Waals surface area contributed by atoms with Crippen molar-refractivity contribution in [1.82, 2.24) is 5.32 Å². The average molecular weight is 294 g/mol. The summed E-state index contributed by atoms with van der Waals surface area (Å²) in [5, 5.41) is 14.1. The van der Waals surface area contributed by atoms with Crippen molar-refractivity contribution in [3.8, 4) is 5.75 Å². The van der Waals surface area contributed by atoms with E-state index in [0.29, 0.717) is 13.2 Å². The van der Waals surface area contributed by atoms with Gasteiger partial charge in [0, 0.05) is 24.2 Å². The van der Waals surface area contributed by atoms with Gasteiger partial charge < -0.3 is 10.1 Å². The molecule has 0 heterocycles. The molecule has 1 aromatic carbocycles. The number of hydrogen-bond donors (Lipinski definition) is 1. The van der Waals surface area contributed by atoms with Gasteiger partial charge in [-0.2, -0.15) is 0 Å². The first-order valence-corrected chi connectivity index (χ1v) is 7.79. The zero-order chi connectivity index (χ0) is 15.5. The average Bonchev–Trinajstić information content (AvgIpc) is 2.48. The van der Waals surface area contributed by atoms with E-state index in [1.54, 1.807) is 12.1 Å². The molecule has 0 aliphatic rings. The monoisotopic (exact) mass is 294 g/mol. The van der Waals surface area contributed by atoms with Gasteiger partial charge in [0.15, 0.2) is 0 Å². The van der Waals surface area contributed by atoms with Gasteiger partial charge in [-0.05, 0) is 25.5 Å². The molecule has 0 amide bonds. The Bertz CT molecular complexity index is 436. The molecule has 1 rings (SSSR count). The highest BCUT2D eigenvalue weighted by molar-refractivity contribution is 5.43. The van der Waals surface area contributed by atoms with E-state index in [1.165, 1.54) is 18.9 Å². The minimum atomic E-state index is -0.367.